The van der Waals surface area contributed by atoms with Gasteiger partial charge >= 0.3 is 0 Å². The van der Waals surface area contributed by atoms with E-state index >= 15 is 0 Å². The number of ether oxygens (including phenoxy) is 1. The van der Waals surface area contributed by atoms with E-state index < -0.39 is 22.8 Å². The van der Waals surface area contributed by atoms with Gasteiger partial charge in [-0.3, -0.25) is 24.5 Å². The molecule has 37 heavy (non-hydrogen) atoms. The summed E-state index contributed by atoms with van der Waals surface area (Å²) in [5.74, 6) is -1.04. The number of nitro groups is 1. The largest absolute Gasteiger partial charge is 0.493 e. The maximum Gasteiger partial charge on any atom is 0.269 e. The van der Waals surface area contributed by atoms with Crippen LogP contribution in [0.25, 0.3) is 10.8 Å². The Hall–Kier alpha value is -4.51. The SMILES string of the molecule is NC(=O)CNC(=O)c1cc2ccccc2cc1OCCCCNC(=O)C(N)Cc1ccc([N+](=O)[O-])cc1. The first-order valence-corrected chi connectivity index (χ1v) is 11.7. The summed E-state index contributed by atoms with van der Waals surface area (Å²) in [5, 5.41) is 17.7. The van der Waals surface area contributed by atoms with Gasteiger partial charge in [-0.05, 0) is 47.7 Å². The fourth-order valence-corrected chi connectivity index (χ4v) is 3.63. The van der Waals surface area contributed by atoms with Crippen molar-refractivity contribution in [3.8, 4) is 5.75 Å². The van der Waals surface area contributed by atoms with Gasteiger partial charge < -0.3 is 26.8 Å². The quantitative estimate of drug-likeness (QED) is 0.155. The van der Waals surface area contributed by atoms with Crippen LogP contribution in [0.2, 0.25) is 0 Å². The molecule has 0 radical (unpaired) electrons. The highest BCUT2D eigenvalue weighted by Gasteiger charge is 2.16. The highest BCUT2D eigenvalue weighted by Crippen LogP contribution is 2.26. The minimum atomic E-state index is -0.781. The molecule has 0 saturated heterocycles. The summed E-state index contributed by atoms with van der Waals surface area (Å²) in [6, 6.07) is 16.1. The topological polar surface area (TPSA) is 180 Å². The molecule has 3 rings (SSSR count). The van der Waals surface area contributed by atoms with Crippen molar-refractivity contribution in [1.29, 1.82) is 0 Å². The molecule has 0 aliphatic rings. The molecule has 1 unspecified atom stereocenters. The van der Waals surface area contributed by atoms with E-state index in [0.29, 0.717) is 37.3 Å². The highest BCUT2D eigenvalue weighted by molar-refractivity contribution is 6.02. The van der Waals surface area contributed by atoms with Gasteiger partial charge in [0.15, 0.2) is 0 Å². The lowest BCUT2D eigenvalue weighted by atomic mass is 10.1. The predicted molar refractivity (Wildman–Crippen MR) is 138 cm³/mol. The zero-order valence-electron chi connectivity index (χ0n) is 20.1. The molecule has 11 nitrogen and oxygen atoms in total. The molecule has 11 heteroatoms. The summed E-state index contributed by atoms with van der Waals surface area (Å²) in [7, 11) is 0. The minimum Gasteiger partial charge on any atom is -0.493 e. The van der Waals surface area contributed by atoms with E-state index in [9.17, 15) is 24.5 Å². The molecule has 0 spiro atoms. The van der Waals surface area contributed by atoms with Gasteiger partial charge in [0.2, 0.25) is 11.8 Å². The zero-order valence-corrected chi connectivity index (χ0v) is 20.1. The van der Waals surface area contributed by atoms with E-state index in [2.05, 4.69) is 10.6 Å². The molecule has 6 N–H and O–H groups in total. The number of non-ortho nitro benzene ring substituents is 1. The average molecular weight is 508 g/mol. The fraction of sp³-hybridized carbons (Fsp3) is 0.269. The number of amides is 3. The van der Waals surface area contributed by atoms with Crippen LogP contribution >= 0.6 is 0 Å². The number of nitro benzene ring substituents is 1. The molecule has 3 amide bonds. The second-order valence-corrected chi connectivity index (χ2v) is 8.43. The molecule has 0 bridgehead atoms. The van der Waals surface area contributed by atoms with Crippen molar-refractivity contribution >= 4 is 34.2 Å². The van der Waals surface area contributed by atoms with Crippen molar-refractivity contribution in [3.63, 3.8) is 0 Å². The van der Waals surface area contributed by atoms with Gasteiger partial charge in [-0.25, -0.2) is 0 Å². The van der Waals surface area contributed by atoms with Crippen molar-refractivity contribution in [1.82, 2.24) is 10.6 Å². The Morgan fingerprint density at radius 1 is 0.973 bits per heavy atom. The number of rotatable bonds is 13. The van der Waals surface area contributed by atoms with Crippen LogP contribution in [0, 0.1) is 10.1 Å². The Balaban J connectivity index is 1.47. The monoisotopic (exact) mass is 507 g/mol. The van der Waals surface area contributed by atoms with Crippen LogP contribution in [0.1, 0.15) is 28.8 Å². The molecular weight excluding hydrogens is 478 g/mol. The Morgan fingerprint density at radius 2 is 1.65 bits per heavy atom. The van der Waals surface area contributed by atoms with Gasteiger partial charge in [0.05, 0.1) is 29.7 Å². The third kappa shape index (κ3) is 8.00. The van der Waals surface area contributed by atoms with Gasteiger partial charge in [-0.2, -0.15) is 0 Å². The second kappa shape index (κ2) is 13.0. The molecule has 194 valence electrons. The Kier molecular flexibility index (Phi) is 9.50. The summed E-state index contributed by atoms with van der Waals surface area (Å²) in [6.45, 7) is 0.413. The molecule has 1 atom stereocenters. The molecule has 0 aliphatic carbocycles. The number of fused-ring (bicyclic) bond motifs is 1. The van der Waals surface area contributed by atoms with Crippen molar-refractivity contribution < 1.29 is 24.0 Å². The van der Waals surface area contributed by atoms with Crippen LogP contribution in [0.4, 0.5) is 5.69 Å². The average Bonchev–Trinajstić information content (AvgIpc) is 2.88. The summed E-state index contributed by atoms with van der Waals surface area (Å²) in [5.41, 5.74) is 12.1. The van der Waals surface area contributed by atoms with Crippen LogP contribution in [0.15, 0.2) is 60.7 Å². The highest BCUT2D eigenvalue weighted by atomic mass is 16.6. The van der Waals surface area contributed by atoms with Crippen molar-refractivity contribution in [2.75, 3.05) is 19.7 Å². The molecule has 0 fully saturated rings. The Morgan fingerprint density at radius 3 is 2.30 bits per heavy atom. The molecule has 0 saturated carbocycles. The van der Waals surface area contributed by atoms with Gasteiger partial charge in [0, 0.05) is 18.7 Å². The van der Waals surface area contributed by atoms with Crippen molar-refractivity contribution in [3.05, 3.63) is 81.9 Å². The van der Waals surface area contributed by atoms with E-state index in [1.54, 1.807) is 24.3 Å². The normalized spacial score (nSPS) is 11.5. The number of hydrogen-bond donors (Lipinski definition) is 4. The maximum absolute atomic E-state index is 12.6. The molecular formula is C26H29N5O6. The Labute approximate surface area is 213 Å². The summed E-state index contributed by atoms with van der Waals surface area (Å²) in [6.07, 6.45) is 1.48. The van der Waals surface area contributed by atoms with E-state index in [1.807, 2.05) is 24.3 Å². The summed E-state index contributed by atoms with van der Waals surface area (Å²) < 4.78 is 5.87. The van der Waals surface area contributed by atoms with Crippen molar-refractivity contribution in [2.24, 2.45) is 11.5 Å². The number of benzene rings is 3. The zero-order chi connectivity index (χ0) is 26.8. The summed E-state index contributed by atoms with van der Waals surface area (Å²) >= 11 is 0. The number of carbonyl (C=O) groups is 3. The molecule has 3 aromatic rings. The lowest BCUT2D eigenvalue weighted by molar-refractivity contribution is -0.384. The van der Waals surface area contributed by atoms with Gasteiger partial charge in [0.25, 0.3) is 11.6 Å². The van der Waals surface area contributed by atoms with E-state index in [1.165, 1.54) is 12.1 Å². The number of carbonyl (C=O) groups excluding carboxylic acids is 3. The lowest BCUT2D eigenvalue weighted by Crippen LogP contribution is -2.42. The van der Waals surface area contributed by atoms with Crippen LogP contribution in [-0.4, -0.2) is 48.4 Å². The maximum atomic E-state index is 12.6. The fourth-order valence-electron chi connectivity index (χ4n) is 3.63. The number of nitrogens with zero attached hydrogens (tertiary/aromatic N) is 1. The second-order valence-electron chi connectivity index (χ2n) is 8.43. The number of nitrogens with two attached hydrogens (primary N) is 2. The minimum absolute atomic E-state index is 0.0221. The summed E-state index contributed by atoms with van der Waals surface area (Å²) in [4.78, 5) is 46.1. The first kappa shape index (κ1) is 27.1. The lowest BCUT2D eigenvalue weighted by Gasteiger charge is -2.14. The van der Waals surface area contributed by atoms with E-state index in [-0.39, 0.29) is 24.6 Å². The molecule has 0 aliphatic heterocycles. The van der Waals surface area contributed by atoms with Gasteiger partial charge in [-0.15, -0.1) is 0 Å². The Bertz CT molecular complexity index is 1280. The molecule has 0 aromatic heterocycles. The molecule has 3 aromatic carbocycles. The standard InChI is InChI=1S/C26H29N5O6/c27-22(13-17-7-9-20(10-8-17)31(35)36)26(34)29-11-3-4-12-37-23-15-19-6-2-1-5-18(19)14-21(23)25(33)30-16-24(28)32/h1-2,5-10,14-15,22H,3-4,11-13,16,27H2,(H2,28,32)(H,29,34)(H,30,33). The first-order chi connectivity index (χ1) is 17.7. The number of nitrogens with one attached hydrogen (secondary N) is 2. The van der Waals surface area contributed by atoms with Crippen LogP contribution in [0.5, 0.6) is 5.75 Å². The van der Waals surface area contributed by atoms with Crippen LogP contribution in [-0.2, 0) is 16.0 Å². The van der Waals surface area contributed by atoms with Crippen LogP contribution < -0.4 is 26.8 Å². The third-order valence-electron chi connectivity index (χ3n) is 5.58. The number of primary amides is 1. The predicted octanol–water partition coefficient (Wildman–Crippen LogP) is 1.81. The molecule has 0 heterocycles. The van der Waals surface area contributed by atoms with E-state index in [0.717, 1.165) is 16.3 Å². The first-order valence-electron chi connectivity index (χ1n) is 11.7. The van der Waals surface area contributed by atoms with Crippen LogP contribution in [0.3, 0.4) is 0 Å². The third-order valence-corrected chi connectivity index (χ3v) is 5.58. The number of unbranched alkanes of at least 4 members (excludes halogenated alkanes) is 1. The smallest absolute Gasteiger partial charge is 0.269 e. The van der Waals surface area contributed by atoms with E-state index in [4.69, 9.17) is 16.2 Å². The van der Waals surface area contributed by atoms with Gasteiger partial charge in [0.1, 0.15) is 5.75 Å². The van der Waals surface area contributed by atoms with Crippen molar-refractivity contribution in [2.45, 2.75) is 25.3 Å². The number of hydrogen-bond acceptors (Lipinski definition) is 7. The van der Waals surface area contributed by atoms with Gasteiger partial charge in [-0.1, -0.05) is 36.4 Å².